The van der Waals surface area contributed by atoms with Crippen molar-refractivity contribution < 1.29 is 22.7 Å². The molecule has 4 heterocycles. The molecule has 4 rings (SSSR count). The number of hydrogen-bond donors (Lipinski definition) is 0. The summed E-state index contributed by atoms with van der Waals surface area (Å²) in [4.78, 5) is 23.4. The van der Waals surface area contributed by atoms with Crippen molar-refractivity contribution in [2.24, 2.45) is 11.8 Å². The number of rotatable bonds is 5. The zero-order chi connectivity index (χ0) is 23.4. The summed E-state index contributed by atoms with van der Waals surface area (Å²) in [5.41, 5.74) is -0.852. The second-order valence-corrected chi connectivity index (χ2v) is 9.71. The van der Waals surface area contributed by atoms with E-state index in [2.05, 4.69) is 9.88 Å². The molecule has 0 aliphatic carbocycles. The van der Waals surface area contributed by atoms with Gasteiger partial charge in [-0.25, -0.2) is 4.98 Å². The fourth-order valence-corrected chi connectivity index (χ4v) is 5.33. The van der Waals surface area contributed by atoms with E-state index in [0.29, 0.717) is 37.7 Å². The monoisotopic (exact) mass is 488 g/mol. The van der Waals surface area contributed by atoms with Gasteiger partial charge in [0.25, 0.3) is 0 Å². The first kappa shape index (κ1) is 24.5. The molecule has 0 radical (unpaired) electrons. The van der Waals surface area contributed by atoms with Gasteiger partial charge in [-0.15, -0.1) is 0 Å². The van der Waals surface area contributed by atoms with E-state index >= 15 is 0 Å². The van der Waals surface area contributed by atoms with Crippen molar-refractivity contribution in [3.8, 4) is 0 Å². The van der Waals surface area contributed by atoms with Crippen LogP contribution in [-0.2, 0) is 15.7 Å². The Kier molecular flexibility index (Phi) is 8.02. The van der Waals surface area contributed by atoms with Crippen LogP contribution < -0.4 is 4.90 Å². The highest BCUT2D eigenvalue weighted by Gasteiger charge is 2.34. The molecular weight excluding hydrogens is 457 g/mol. The minimum absolute atomic E-state index is 0.00578. The molecule has 0 spiro atoms. The summed E-state index contributed by atoms with van der Waals surface area (Å²) in [6.45, 7) is 7.56. The zero-order valence-corrected chi connectivity index (χ0v) is 19.6. The molecule has 0 unspecified atom stereocenters. The molecule has 0 bridgehead atoms. The molecule has 33 heavy (non-hydrogen) atoms. The van der Waals surface area contributed by atoms with Gasteiger partial charge in [0.05, 0.1) is 23.8 Å². The zero-order valence-electron chi connectivity index (χ0n) is 18.8. The number of nitrogens with zero attached hydrogens (tertiary/aromatic N) is 4. The molecule has 1 aromatic heterocycles. The summed E-state index contributed by atoms with van der Waals surface area (Å²) in [5, 5.41) is -0.00578. The molecule has 3 aliphatic rings. The number of amides is 1. The minimum atomic E-state index is -4.47. The Morgan fingerprint density at radius 1 is 1.06 bits per heavy atom. The van der Waals surface area contributed by atoms with E-state index in [0.717, 1.165) is 71.0 Å². The highest BCUT2D eigenvalue weighted by Crippen LogP contribution is 2.35. The largest absolute Gasteiger partial charge is 0.417 e. The Morgan fingerprint density at radius 3 is 2.33 bits per heavy atom. The third-order valence-electron chi connectivity index (χ3n) is 7.18. The van der Waals surface area contributed by atoms with Crippen LogP contribution >= 0.6 is 11.6 Å². The van der Waals surface area contributed by atoms with Crippen LogP contribution in [0.15, 0.2) is 12.3 Å². The Hall–Kier alpha value is -1.58. The van der Waals surface area contributed by atoms with Crippen LogP contribution in [0.4, 0.5) is 19.0 Å². The number of piperidine rings is 2. The number of anilines is 1. The van der Waals surface area contributed by atoms with Crippen molar-refractivity contribution >= 4 is 23.3 Å². The van der Waals surface area contributed by atoms with E-state index in [1.54, 1.807) is 0 Å². The number of aromatic nitrogens is 1. The van der Waals surface area contributed by atoms with E-state index in [1.165, 1.54) is 6.42 Å². The van der Waals surface area contributed by atoms with Crippen LogP contribution in [0.2, 0.25) is 5.02 Å². The average Bonchev–Trinajstić information content (AvgIpc) is 2.83. The number of carbonyl (C=O) groups is 1. The maximum absolute atomic E-state index is 13.0. The van der Waals surface area contributed by atoms with E-state index < -0.39 is 11.7 Å². The van der Waals surface area contributed by atoms with Gasteiger partial charge < -0.3 is 14.5 Å². The van der Waals surface area contributed by atoms with E-state index in [9.17, 15) is 18.0 Å². The number of alkyl halides is 3. The molecule has 1 amide bonds. The molecule has 10 heteroatoms. The van der Waals surface area contributed by atoms with Gasteiger partial charge in [-0.3, -0.25) is 9.69 Å². The van der Waals surface area contributed by atoms with Crippen molar-refractivity contribution in [3.63, 3.8) is 0 Å². The predicted molar refractivity (Wildman–Crippen MR) is 120 cm³/mol. The highest BCUT2D eigenvalue weighted by molar-refractivity contribution is 6.33. The first-order valence-corrected chi connectivity index (χ1v) is 12.3. The standard InChI is InChI=1S/C23H32ClF3N4O2/c24-20-15-19(23(25,26)27)16-28-21(20)30-9-4-18(5-10-30)22(32)31-7-2-17(3-8-31)1-6-29-11-13-33-14-12-29/h15-18H,1-14H2. The predicted octanol–water partition coefficient (Wildman–Crippen LogP) is 3.93. The summed E-state index contributed by atoms with van der Waals surface area (Å²) in [5.74, 6) is 1.20. The molecule has 0 saturated carbocycles. The van der Waals surface area contributed by atoms with E-state index in [4.69, 9.17) is 16.3 Å². The van der Waals surface area contributed by atoms with Crippen molar-refractivity contribution in [1.82, 2.24) is 14.8 Å². The van der Waals surface area contributed by atoms with Crippen LogP contribution in [0, 0.1) is 11.8 Å². The quantitative estimate of drug-likeness (QED) is 0.628. The highest BCUT2D eigenvalue weighted by atomic mass is 35.5. The van der Waals surface area contributed by atoms with Gasteiger partial charge in [-0.05, 0) is 50.6 Å². The second-order valence-electron chi connectivity index (χ2n) is 9.30. The van der Waals surface area contributed by atoms with Crippen LogP contribution in [0.5, 0.6) is 0 Å². The lowest BCUT2D eigenvalue weighted by atomic mass is 9.90. The minimum Gasteiger partial charge on any atom is -0.379 e. The Bertz CT molecular complexity index is 803. The Balaban J connectivity index is 1.21. The fraction of sp³-hybridized carbons (Fsp3) is 0.739. The number of likely N-dealkylation sites (tertiary alicyclic amines) is 1. The van der Waals surface area contributed by atoms with Gasteiger partial charge in [-0.2, -0.15) is 13.2 Å². The molecule has 3 fully saturated rings. The molecular formula is C23H32ClF3N4O2. The van der Waals surface area contributed by atoms with E-state index in [-0.39, 0.29) is 16.8 Å². The molecule has 1 aromatic rings. The Morgan fingerprint density at radius 2 is 1.73 bits per heavy atom. The maximum Gasteiger partial charge on any atom is 0.417 e. The number of pyridine rings is 1. The molecule has 3 saturated heterocycles. The first-order chi connectivity index (χ1) is 15.8. The normalized spacial score (nSPS) is 22.1. The van der Waals surface area contributed by atoms with Crippen LogP contribution in [0.3, 0.4) is 0 Å². The molecule has 0 atom stereocenters. The van der Waals surface area contributed by atoms with Crippen molar-refractivity contribution in [2.75, 3.05) is 63.9 Å². The van der Waals surface area contributed by atoms with Gasteiger partial charge >= 0.3 is 6.18 Å². The van der Waals surface area contributed by atoms with Crippen molar-refractivity contribution in [1.29, 1.82) is 0 Å². The Labute approximate surface area is 198 Å². The molecule has 0 aromatic carbocycles. The van der Waals surface area contributed by atoms with Gasteiger partial charge in [0, 0.05) is 51.4 Å². The summed E-state index contributed by atoms with van der Waals surface area (Å²) in [6, 6.07) is 0.921. The second kappa shape index (κ2) is 10.8. The smallest absolute Gasteiger partial charge is 0.379 e. The van der Waals surface area contributed by atoms with Crippen LogP contribution in [0.1, 0.15) is 37.7 Å². The third-order valence-corrected chi connectivity index (χ3v) is 7.45. The summed E-state index contributed by atoms with van der Waals surface area (Å²) < 4.78 is 44.0. The lowest BCUT2D eigenvalue weighted by molar-refractivity contribution is -0.138. The number of halogens is 4. The molecule has 0 N–H and O–H groups in total. The van der Waals surface area contributed by atoms with Crippen LogP contribution in [0.25, 0.3) is 0 Å². The summed E-state index contributed by atoms with van der Waals surface area (Å²) in [6.07, 6.45) is 0.969. The summed E-state index contributed by atoms with van der Waals surface area (Å²) in [7, 11) is 0. The molecule has 6 nitrogen and oxygen atoms in total. The maximum atomic E-state index is 13.0. The topological polar surface area (TPSA) is 48.9 Å². The molecule has 184 valence electrons. The van der Waals surface area contributed by atoms with Crippen molar-refractivity contribution in [3.05, 3.63) is 22.8 Å². The molecule has 3 aliphatic heterocycles. The first-order valence-electron chi connectivity index (χ1n) is 11.9. The summed E-state index contributed by atoms with van der Waals surface area (Å²) >= 11 is 6.09. The van der Waals surface area contributed by atoms with Gasteiger partial charge in [0.15, 0.2) is 0 Å². The number of ether oxygens (including phenoxy) is 1. The van der Waals surface area contributed by atoms with Crippen LogP contribution in [-0.4, -0.2) is 79.7 Å². The van der Waals surface area contributed by atoms with Gasteiger partial charge in [0.2, 0.25) is 5.91 Å². The lowest BCUT2D eigenvalue weighted by Crippen LogP contribution is -2.46. The number of hydrogen-bond acceptors (Lipinski definition) is 5. The fourth-order valence-electron chi connectivity index (χ4n) is 5.05. The third kappa shape index (κ3) is 6.31. The number of carbonyl (C=O) groups excluding carboxylic acids is 1. The SMILES string of the molecule is O=C(C1CCN(c2ncc(C(F)(F)F)cc2Cl)CC1)N1CCC(CCN2CCOCC2)CC1. The van der Waals surface area contributed by atoms with Gasteiger partial charge in [0.1, 0.15) is 5.82 Å². The van der Waals surface area contributed by atoms with Gasteiger partial charge in [-0.1, -0.05) is 11.6 Å². The number of morpholine rings is 1. The van der Waals surface area contributed by atoms with Crippen molar-refractivity contribution in [2.45, 2.75) is 38.3 Å². The average molecular weight is 489 g/mol. The lowest BCUT2D eigenvalue weighted by Gasteiger charge is -2.38. The van der Waals surface area contributed by atoms with E-state index in [1.807, 2.05) is 9.80 Å².